The average molecular weight is 371 g/mol. The fraction of sp³-hybridized carbons (Fsp3) is 0.368. The summed E-state index contributed by atoms with van der Waals surface area (Å²) in [4.78, 5) is 4.78. The molecule has 2 unspecified atom stereocenters. The highest BCUT2D eigenvalue weighted by Gasteiger charge is 2.31. The topological polar surface area (TPSA) is 38.0 Å². The Morgan fingerprint density at radius 2 is 1.46 bits per heavy atom. The Bertz CT molecular complexity index is 607. The summed E-state index contributed by atoms with van der Waals surface area (Å²) < 4.78 is 0. The zero-order valence-electron chi connectivity index (χ0n) is 14.5. The van der Waals surface area contributed by atoms with E-state index < -0.39 is 0 Å². The third-order valence-corrected chi connectivity index (χ3v) is 4.47. The van der Waals surface area contributed by atoms with Crippen molar-refractivity contribution in [3.05, 3.63) is 71.3 Å². The highest BCUT2D eigenvalue weighted by molar-refractivity contribution is 5.85. The van der Waals surface area contributed by atoms with Gasteiger partial charge in [0.1, 0.15) is 0 Å². The van der Waals surface area contributed by atoms with Crippen LogP contribution in [0.4, 0.5) is 0 Å². The molecule has 0 aromatic heterocycles. The van der Waals surface area contributed by atoms with Gasteiger partial charge in [0.15, 0.2) is 0 Å². The number of nitrogens with zero attached hydrogens (tertiary/aromatic N) is 2. The lowest BCUT2D eigenvalue weighted by Crippen LogP contribution is -2.40. The predicted molar refractivity (Wildman–Crippen MR) is 107 cm³/mol. The molecule has 1 aliphatic rings. The highest BCUT2D eigenvalue weighted by Crippen LogP contribution is 2.38. The van der Waals surface area contributed by atoms with Crippen LogP contribution in [0.25, 0.3) is 0 Å². The van der Waals surface area contributed by atoms with Crippen molar-refractivity contribution in [1.29, 1.82) is 0 Å². The Balaban J connectivity index is 0.00000176. The van der Waals surface area contributed by atoms with Gasteiger partial charge < -0.3 is 10.4 Å². The van der Waals surface area contributed by atoms with E-state index in [1.165, 1.54) is 16.7 Å². The van der Waals surface area contributed by atoms with Gasteiger partial charge in [-0.1, -0.05) is 54.6 Å². The Morgan fingerprint density at radius 3 is 2.04 bits per heavy atom. The lowest BCUT2D eigenvalue weighted by Gasteiger charge is -2.40. The first-order valence-electron chi connectivity index (χ1n) is 7.65. The molecule has 1 heterocycles. The van der Waals surface area contributed by atoms with Gasteiger partial charge in [-0.25, -0.2) is 0 Å². The molecule has 3 rings (SSSR count). The van der Waals surface area contributed by atoms with Gasteiger partial charge in [0, 0.05) is 25.0 Å². The van der Waals surface area contributed by atoms with Crippen molar-refractivity contribution in [2.75, 3.05) is 34.2 Å². The molecule has 1 aliphatic heterocycles. The van der Waals surface area contributed by atoms with Crippen LogP contribution in [0.15, 0.2) is 54.6 Å². The van der Waals surface area contributed by atoms with E-state index in [0.29, 0.717) is 12.0 Å². The minimum Gasteiger partial charge on any atom is -0.412 e. The summed E-state index contributed by atoms with van der Waals surface area (Å²) in [6, 6.07) is 20.3. The number of halogens is 2. The smallest absolute Gasteiger partial charge is 0.0475 e. The lowest BCUT2D eigenvalue weighted by molar-refractivity contribution is 0.177. The maximum atomic E-state index is 2.50. The van der Waals surface area contributed by atoms with E-state index in [0.717, 1.165) is 13.1 Å². The summed E-state index contributed by atoms with van der Waals surface area (Å²) in [5.41, 5.74) is 4.39. The van der Waals surface area contributed by atoms with Crippen LogP contribution in [-0.4, -0.2) is 49.5 Å². The standard InChI is InChI=1S/C19H24N2.2ClH.H2O/c1-20(2)14-19-17-12-8-7-11-16(17)18(13-21(19)3)15-9-5-4-6-10-15;;;/h4-12,18-19H,13-14H2,1-3H3;2*1H;1H2. The molecule has 5 heteroatoms. The number of fused-ring (bicyclic) bond motifs is 1. The van der Waals surface area contributed by atoms with Crippen LogP contribution in [0.1, 0.15) is 28.7 Å². The molecule has 0 saturated carbocycles. The molecule has 2 N–H and O–H groups in total. The molecule has 0 spiro atoms. The molecular formula is C19H28Cl2N2O. The Labute approximate surface area is 157 Å². The Kier molecular flexibility index (Phi) is 9.56. The first-order chi connectivity index (χ1) is 10.2. The SMILES string of the molecule is CN(C)CC1c2ccccc2C(c2ccccc2)CN1C.Cl.Cl.O. The maximum absolute atomic E-state index is 2.50. The van der Waals surface area contributed by atoms with Crippen molar-refractivity contribution < 1.29 is 5.48 Å². The van der Waals surface area contributed by atoms with E-state index >= 15 is 0 Å². The largest absolute Gasteiger partial charge is 0.412 e. The molecule has 2 atom stereocenters. The van der Waals surface area contributed by atoms with Gasteiger partial charge >= 0.3 is 0 Å². The van der Waals surface area contributed by atoms with E-state index in [9.17, 15) is 0 Å². The predicted octanol–water partition coefficient (Wildman–Crippen LogP) is 3.39. The highest BCUT2D eigenvalue weighted by atomic mass is 35.5. The van der Waals surface area contributed by atoms with Crippen molar-refractivity contribution in [1.82, 2.24) is 9.80 Å². The molecule has 3 nitrogen and oxygen atoms in total. The Morgan fingerprint density at radius 1 is 0.917 bits per heavy atom. The summed E-state index contributed by atoms with van der Waals surface area (Å²) >= 11 is 0. The van der Waals surface area contributed by atoms with E-state index in [1.54, 1.807) is 0 Å². The van der Waals surface area contributed by atoms with Crippen LogP contribution in [0, 0.1) is 0 Å². The van der Waals surface area contributed by atoms with Gasteiger partial charge in [0.2, 0.25) is 0 Å². The molecule has 2 aromatic carbocycles. The maximum Gasteiger partial charge on any atom is 0.0475 e. The van der Waals surface area contributed by atoms with Gasteiger partial charge in [-0.05, 0) is 37.8 Å². The van der Waals surface area contributed by atoms with Gasteiger partial charge in [-0.2, -0.15) is 0 Å². The molecule has 0 fully saturated rings. The molecule has 2 aromatic rings. The van der Waals surface area contributed by atoms with Crippen molar-refractivity contribution in [2.45, 2.75) is 12.0 Å². The summed E-state index contributed by atoms with van der Waals surface area (Å²) in [5, 5.41) is 0. The monoisotopic (exact) mass is 370 g/mol. The van der Waals surface area contributed by atoms with E-state index in [2.05, 4.69) is 85.5 Å². The minimum absolute atomic E-state index is 0. The third-order valence-electron chi connectivity index (χ3n) is 4.47. The molecule has 0 radical (unpaired) electrons. The average Bonchev–Trinajstić information content (AvgIpc) is 2.50. The summed E-state index contributed by atoms with van der Waals surface area (Å²) in [6.45, 7) is 2.15. The third kappa shape index (κ3) is 4.71. The second kappa shape index (κ2) is 10.0. The zero-order chi connectivity index (χ0) is 14.8. The summed E-state index contributed by atoms with van der Waals surface area (Å²) in [7, 11) is 6.56. The number of hydrogen-bond acceptors (Lipinski definition) is 2. The van der Waals surface area contributed by atoms with Crippen LogP contribution in [-0.2, 0) is 0 Å². The first-order valence-corrected chi connectivity index (χ1v) is 7.65. The normalized spacial score (nSPS) is 19.5. The quantitative estimate of drug-likeness (QED) is 0.830. The fourth-order valence-corrected chi connectivity index (χ4v) is 3.44. The number of rotatable bonds is 3. The first kappa shape index (κ1) is 22.9. The molecule has 0 aliphatic carbocycles. The van der Waals surface area contributed by atoms with Crippen molar-refractivity contribution in [2.24, 2.45) is 0 Å². The molecule has 0 saturated heterocycles. The van der Waals surface area contributed by atoms with E-state index in [-0.39, 0.29) is 30.3 Å². The van der Waals surface area contributed by atoms with Crippen LogP contribution >= 0.6 is 24.8 Å². The molecule has 24 heavy (non-hydrogen) atoms. The second-order valence-corrected chi connectivity index (χ2v) is 6.31. The van der Waals surface area contributed by atoms with Crippen LogP contribution in [0.2, 0.25) is 0 Å². The molecular weight excluding hydrogens is 343 g/mol. The van der Waals surface area contributed by atoms with Gasteiger partial charge in [-0.15, -0.1) is 24.8 Å². The van der Waals surface area contributed by atoms with Crippen molar-refractivity contribution >= 4 is 24.8 Å². The van der Waals surface area contributed by atoms with Crippen LogP contribution in [0.3, 0.4) is 0 Å². The number of benzene rings is 2. The van der Waals surface area contributed by atoms with Crippen molar-refractivity contribution in [3.63, 3.8) is 0 Å². The number of likely N-dealkylation sites (N-methyl/N-ethyl adjacent to an activating group) is 2. The molecule has 134 valence electrons. The molecule has 0 amide bonds. The Hall–Kier alpha value is -1.10. The fourth-order valence-electron chi connectivity index (χ4n) is 3.44. The van der Waals surface area contributed by atoms with Crippen LogP contribution < -0.4 is 0 Å². The lowest BCUT2D eigenvalue weighted by atomic mass is 9.81. The zero-order valence-corrected chi connectivity index (χ0v) is 16.1. The number of hydrogen-bond donors (Lipinski definition) is 0. The van der Waals surface area contributed by atoms with Crippen LogP contribution in [0.5, 0.6) is 0 Å². The molecule has 0 bridgehead atoms. The van der Waals surface area contributed by atoms with Crippen molar-refractivity contribution in [3.8, 4) is 0 Å². The van der Waals surface area contributed by atoms with E-state index in [4.69, 9.17) is 0 Å². The second-order valence-electron chi connectivity index (χ2n) is 6.31. The van der Waals surface area contributed by atoms with Gasteiger partial charge in [0.25, 0.3) is 0 Å². The van der Waals surface area contributed by atoms with Gasteiger partial charge in [0.05, 0.1) is 0 Å². The van der Waals surface area contributed by atoms with Gasteiger partial charge in [-0.3, -0.25) is 4.90 Å². The summed E-state index contributed by atoms with van der Waals surface area (Å²) in [5.74, 6) is 0.478. The van der Waals surface area contributed by atoms with E-state index in [1.807, 2.05) is 0 Å². The minimum atomic E-state index is 0. The summed E-state index contributed by atoms with van der Waals surface area (Å²) in [6.07, 6.45) is 0.